The van der Waals surface area contributed by atoms with Crippen LogP contribution in [-0.4, -0.2) is 52.0 Å². The summed E-state index contributed by atoms with van der Waals surface area (Å²) in [6, 6.07) is 0. The second kappa shape index (κ2) is 7.85. The number of carbonyl (C=O) groups is 2. The highest BCUT2D eigenvalue weighted by atomic mass is 16.6. The van der Waals surface area contributed by atoms with Gasteiger partial charge in [-0.25, -0.2) is 0 Å². The first-order valence-corrected chi connectivity index (χ1v) is 15.2. The fourth-order valence-corrected chi connectivity index (χ4v) is 12.1. The molecule has 214 valence electrons. The summed E-state index contributed by atoms with van der Waals surface area (Å²) in [7, 11) is 0. The third-order valence-electron chi connectivity index (χ3n) is 13.9. The Morgan fingerprint density at radius 1 is 1.05 bits per heavy atom. The van der Waals surface area contributed by atoms with Gasteiger partial charge in [0.25, 0.3) is 0 Å². The molecular formula is C32H50O6. The second-order valence-corrected chi connectivity index (χ2v) is 16.0. The van der Waals surface area contributed by atoms with E-state index in [0.717, 1.165) is 32.1 Å². The van der Waals surface area contributed by atoms with Gasteiger partial charge in [-0.15, -0.1) is 0 Å². The Hall–Kier alpha value is -0.980. The van der Waals surface area contributed by atoms with E-state index in [1.165, 1.54) is 19.8 Å². The Morgan fingerprint density at radius 3 is 2.32 bits per heavy atom. The summed E-state index contributed by atoms with van der Waals surface area (Å²) >= 11 is 0. The number of carbonyl (C=O) groups excluding carboxylic acids is 2. The van der Waals surface area contributed by atoms with Crippen LogP contribution in [0.25, 0.3) is 0 Å². The van der Waals surface area contributed by atoms with E-state index in [1.807, 2.05) is 0 Å². The highest BCUT2D eigenvalue weighted by Gasteiger charge is 2.84. The quantitative estimate of drug-likeness (QED) is 0.495. The van der Waals surface area contributed by atoms with E-state index in [9.17, 15) is 19.8 Å². The lowest BCUT2D eigenvalue weighted by atomic mass is 9.41. The van der Waals surface area contributed by atoms with Gasteiger partial charge in [0.15, 0.2) is 11.9 Å². The molecule has 5 saturated carbocycles. The third-order valence-corrected chi connectivity index (χ3v) is 13.9. The largest absolute Gasteiger partial charge is 0.457 e. The highest BCUT2D eigenvalue weighted by molar-refractivity contribution is 5.93. The van der Waals surface area contributed by atoms with Gasteiger partial charge in [-0.2, -0.15) is 0 Å². The van der Waals surface area contributed by atoms with Gasteiger partial charge in [-0.1, -0.05) is 34.6 Å². The van der Waals surface area contributed by atoms with Crippen molar-refractivity contribution in [3.63, 3.8) is 0 Å². The van der Waals surface area contributed by atoms with Gasteiger partial charge in [0.05, 0.1) is 17.8 Å². The number of fused-ring (bicyclic) bond motifs is 4. The van der Waals surface area contributed by atoms with E-state index in [2.05, 4.69) is 34.6 Å². The smallest absolute Gasteiger partial charge is 0.303 e. The first-order valence-electron chi connectivity index (χ1n) is 15.2. The molecule has 12 atom stereocenters. The zero-order chi connectivity index (χ0) is 27.8. The van der Waals surface area contributed by atoms with Crippen LogP contribution in [0.2, 0.25) is 0 Å². The Bertz CT molecular complexity index is 1050. The molecule has 6 aliphatic rings. The average Bonchev–Trinajstić information content (AvgIpc) is 3.44. The molecule has 38 heavy (non-hydrogen) atoms. The lowest BCUT2D eigenvalue weighted by Crippen LogP contribution is -2.59. The minimum absolute atomic E-state index is 0.0737. The lowest BCUT2D eigenvalue weighted by Gasteiger charge is -2.62. The third kappa shape index (κ3) is 3.06. The first kappa shape index (κ1) is 27.2. The predicted octanol–water partition coefficient (Wildman–Crippen LogP) is 5.07. The molecule has 0 radical (unpaired) electrons. The Labute approximate surface area is 228 Å². The zero-order valence-electron chi connectivity index (χ0n) is 24.8. The number of Topliss-reactive ketones (excluding diaryl/α,β-unsaturated/α-hetero) is 1. The fraction of sp³-hybridized carbons (Fsp3) is 0.938. The van der Waals surface area contributed by atoms with Crippen molar-refractivity contribution >= 4 is 11.8 Å². The van der Waals surface area contributed by atoms with Crippen LogP contribution < -0.4 is 0 Å². The number of ketones is 1. The summed E-state index contributed by atoms with van der Waals surface area (Å²) in [6.45, 7) is 16.1. The molecule has 2 spiro atoms. The highest BCUT2D eigenvalue weighted by Crippen LogP contribution is 2.88. The van der Waals surface area contributed by atoms with Crippen molar-refractivity contribution in [2.75, 3.05) is 0 Å². The molecular weight excluding hydrogens is 480 g/mol. The first-order chi connectivity index (χ1) is 17.5. The van der Waals surface area contributed by atoms with Gasteiger partial charge in [-0.3, -0.25) is 9.59 Å². The number of hydrogen-bond donors (Lipinski definition) is 2. The van der Waals surface area contributed by atoms with Gasteiger partial charge in [0.1, 0.15) is 6.10 Å². The number of ether oxygens (including phenoxy) is 2. The molecule has 0 amide bonds. The Kier molecular flexibility index (Phi) is 5.62. The maximum Gasteiger partial charge on any atom is 0.303 e. The van der Waals surface area contributed by atoms with Gasteiger partial charge in [-0.05, 0) is 105 Å². The van der Waals surface area contributed by atoms with E-state index in [0.29, 0.717) is 18.3 Å². The minimum atomic E-state index is -1.27. The van der Waals surface area contributed by atoms with E-state index >= 15 is 0 Å². The SMILES string of the molecule is CC(=O)O[C@@H]([C@H]1C[C@@H](C)C2C(O1)C(=O)[C@@]1(C)[C@@H]3CC[C@H]4C(C)(C)[C@@H](O)CC[C@@]45C[C@@]35CC[C@]21C)C(C)(C)O. The lowest BCUT2D eigenvalue weighted by molar-refractivity contribution is -0.209. The van der Waals surface area contributed by atoms with E-state index < -0.39 is 35.3 Å². The van der Waals surface area contributed by atoms with E-state index in [1.54, 1.807) is 13.8 Å². The van der Waals surface area contributed by atoms with E-state index in [-0.39, 0.29) is 45.4 Å². The molecule has 0 aromatic carbocycles. The number of esters is 1. The molecule has 6 nitrogen and oxygen atoms in total. The Balaban J connectivity index is 1.35. The summed E-state index contributed by atoms with van der Waals surface area (Å²) < 4.78 is 12.3. The molecule has 1 heterocycles. The number of hydrogen-bond acceptors (Lipinski definition) is 6. The number of rotatable bonds is 3. The number of aliphatic hydroxyl groups is 2. The molecule has 5 aliphatic carbocycles. The molecule has 6 heteroatoms. The van der Waals surface area contributed by atoms with Crippen molar-refractivity contribution in [3.8, 4) is 0 Å². The zero-order valence-corrected chi connectivity index (χ0v) is 24.8. The molecule has 6 rings (SSSR count). The van der Waals surface area contributed by atoms with Crippen molar-refractivity contribution in [1.82, 2.24) is 0 Å². The van der Waals surface area contributed by atoms with Crippen molar-refractivity contribution in [1.29, 1.82) is 0 Å². The van der Waals surface area contributed by atoms with Crippen molar-refractivity contribution < 1.29 is 29.3 Å². The van der Waals surface area contributed by atoms with Crippen molar-refractivity contribution in [2.24, 2.45) is 50.7 Å². The van der Waals surface area contributed by atoms with Crippen LogP contribution in [-0.2, 0) is 19.1 Å². The summed E-state index contributed by atoms with van der Waals surface area (Å²) in [5, 5.41) is 21.8. The van der Waals surface area contributed by atoms with Crippen molar-refractivity contribution in [2.45, 2.75) is 137 Å². The molecule has 1 aliphatic heterocycles. The minimum Gasteiger partial charge on any atom is -0.457 e. The maximum atomic E-state index is 14.7. The predicted molar refractivity (Wildman–Crippen MR) is 143 cm³/mol. The second-order valence-electron chi connectivity index (χ2n) is 16.0. The fourth-order valence-electron chi connectivity index (χ4n) is 12.1. The monoisotopic (exact) mass is 530 g/mol. The average molecular weight is 531 g/mol. The maximum absolute atomic E-state index is 14.7. The molecule has 0 bridgehead atoms. The van der Waals surface area contributed by atoms with Crippen LogP contribution in [0.15, 0.2) is 0 Å². The van der Waals surface area contributed by atoms with Crippen LogP contribution >= 0.6 is 0 Å². The van der Waals surface area contributed by atoms with Gasteiger partial charge in [0, 0.05) is 18.3 Å². The van der Waals surface area contributed by atoms with Gasteiger partial charge >= 0.3 is 5.97 Å². The molecule has 2 unspecified atom stereocenters. The molecule has 0 aromatic rings. The molecule has 1 saturated heterocycles. The van der Waals surface area contributed by atoms with Gasteiger partial charge in [0.2, 0.25) is 0 Å². The van der Waals surface area contributed by atoms with Crippen LogP contribution in [0, 0.1) is 50.7 Å². The Morgan fingerprint density at radius 2 is 1.68 bits per heavy atom. The topological polar surface area (TPSA) is 93.1 Å². The summed E-state index contributed by atoms with van der Waals surface area (Å²) in [5.41, 5.74) is -1.46. The molecule has 6 fully saturated rings. The van der Waals surface area contributed by atoms with Crippen molar-refractivity contribution in [3.05, 3.63) is 0 Å². The van der Waals surface area contributed by atoms with Gasteiger partial charge < -0.3 is 19.7 Å². The summed E-state index contributed by atoms with van der Waals surface area (Å²) in [6.07, 6.45) is 6.13. The molecule has 0 aromatic heterocycles. The van der Waals surface area contributed by atoms with Crippen LogP contribution in [0.1, 0.15) is 107 Å². The van der Waals surface area contributed by atoms with Crippen LogP contribution in [0.3, 0.4) is 0 Å². The van der Waals surface area contributed by atoms with Crippen LogP contribution in [0.4, 0.5) is 0 Å². The van der Waals surface area contributed by atoms with Crippen LogP contribution in [0.5, 0.6) is 0 Å². The normalized spacial score (nSPS) is 53.5. The molecule has 2 N–H and O–H groups in total. The summed E-state index contributed by atoms with van der Waals surface area (Å²) in [5.74, 6) is 1.03. The van der Waals surface area contributed by atoms with E-state index in [4.69, 9.17) is 9.47 Å². The number of aliphatic hydroxyl groups excluding tert-OH is 1. The summed E-state index contributed by atoms with van der Waals surface area (Å²) in [4.78, 5) is 26.6. The standard InChI is InChI=1S/C32H50O6/c1-17-15-19(26(28(5,6)36)37-18(2)33)38-24-23(17)29(7)13-14-32-16-31(32)12-11-22(34)27(3,4)20(31)9-10-21(32)30(29,8)25(24)35/h17,19-24,26,34,36H,9-16H2,1-8H3/t17-,19-,20+,21+,22+,23?,24?,26+,29-,30-,31-,32+/m1/s1.